The van der Waals surface area contributed by atoms with Crippen LogP contribution in [0.3, 0.4) is 0 Å². The summed E-state index contributed by atoms with van der Waals surface area (Å²) in [4.78, 5) is 16.4. The monoisotopic (exact) mass is 331 g/mol. The number of fused-ring (bicyclic) bond motifs is 1. The molecule has 0 atom stereocenters. The van der Waals surface area contributed by atoms with Crippen molar-refractivity contribution in [2.24, 2.45) is 5.73 Å². The van der Waals surface area contributed by atoms with Crippen LogP contribution in [0.25, 0.3) is 10.2 Å². The molecule has 2 rings (SSSR count). The number of pyridine rings is 1. The fourth-order valence-electron chi connectivity index (χ4n) is 1.89. The number of nitrogens with two attached hydrogens (primary N) is 1. The van der Waals surface area contributed by atoms with Crippen molar-refractivity contribution < 1.29 is 18.0 Å². The summed E-state index contributed by atoms with van der Waals surface area (Å²) in [5.41, 5.74) is 4.63. The van der Waals surface area contributed by atoms with Gasteiger partial charge in [0.1, 0.15) is 10.5 Å². The second-order valence-corrected chi connectivity index (χ2v) is 6.64. The lowest BCUT2D eigenvalue weighted by atomic mass is 10.1. The van der Waals surface area contributed by atoms with Crippen molar-refractivity contribution in [2.75, 3.05) is 6.54 Å². The minimum atomic E-state index is -4.50. The van der Waals surface area contributed by atoms with Crippen molar-refractivity contribution in [1.82, 2.24) is 10.3 Å². The zero-order valence-electron chi connectivity index (χ0n) is 12.3. The molecule has 0 spiro atoms. The van der Waals surface area contributed by atoms with Gasteiger partial charge in [-0.05, 0) is 38.5 Å². The van der Waals surface area contributed by atoms with Crippen molar-refractivity contribution in [2.45, 2.75) is 32.5 Å². The SMILES string of the molecule is Cc1c(C(=O)NC(C)(C)CN)sc2nc(C(F)(F)F)ccc12. The number of nitrogens with one attached hydrogen (secondary N) is 1. The molecule has 0 unspecified atom stereocenters. The molecule has 1 amide bonds. The number of carbonyl (C=O) groups is 1. The Morgan fingerprint density at radius 2 is 2.00 bits per heavy atom. The van der Waals surface area contributed by atoms with E-state index in [0.29, 0.717) is 15.8 Å². The van der Waals surface area contributed by atoms with Crippen molar-refractivity contribution in [3.05, 3.63) is 28.3 Å². The summed E-state index contributed by atoms with van der Waals surface area (Å²) in [7, 11) is 0. The van der Waals surface area contributed by atoms with Gasteiger partial charge >= 0.3 is 6.18 Å². The average molecular weight is 331 g/mol. The molecule has 0 saturated heterocycles. The van der Waals surface area contributed by atoms with Crippen molar-refractivity contribution in [1.29, 1.82) is 0 Å². The van der Waals surface area contributed by atoms with E-state index in [4.69, 9.17) is 5.73 Å². The summed E-state index contributed by atoms with van der Waals surface area (Å²) in [5, 5.41) is 3.32. The molecule has 0 aliphatic rings. The molecule has 2 aromatic heterocycles. The molecule has 2 heterocycles. The fraction of sp³-hybridized carbons (Fsp3) is 0.429. The third kappa shape index (κ3) is 3.22. The van der Waals surface area contributed by atoms with Crippen LogP contribution in [0.1, 0.15) is 34.8 Å². The molecular formula is C14H16F3N3OS. The number of carbonyl (C=O) groups excluding carboxylic acids is 1. The van der Waals surface area contributed by atoms with Gasteiger partial charge in [-0.25, -0.2) is 4.98 Å². The molecule has 0 aliphatic carbocycles. The lowest BCUT2D eigenvalue weighted by Gasteiger charge is -2.23. The Balaban J connectivity index is 2.44. The number of nitrogens with zero attached hydrogens (tertiary/aromatic N) is 1. The molecule has 120 valence electrons. The van der Waals surface area contributed by atoms with Crippen molar-refractivity contribution in [3.8, 4) is 0 Å². The molecule has 0 bridgehead atoms. The van der Waals surface area contributed by atoms with Gasteiger partial charge in [-0.2, -0.15) is 13.2 Å². The second-order valence-electron chi connectivity index (χ2n) is 5.65. The lowest BCUT2D eigenvalue weighted by molar-refractivity contribution is -0.140. The first-order valence-electron chi connectivity index (χ1n) is 6.55. The molecule has 0 aliphatic heterocycles. The van der Waals surface area contributed by atoms with Gasteiger partial charge in [0.05, 0.1) is 4.88 Å². The zero-order chi connectivity index (χ0) is 16.7. The Labute approximate surface area is 129 Å². The first kappa shape index (κ1) is 16.7. The molecule has 4 nitrogen and oxygen atoms in total. The average Bonchev–Trinajstić information content (AvgIpc) is 2.74. The Hall–Kier alpha value is -1.67. The van der Waals surface area contributed by atoms with Gasteiger partial charge < -0.3 is 11.1 Å². The maximum atomic E-state index is 12.7. The molecule has 0 radical (unpaired) electrons. The number of hydrogen-bond acceptors (Lipinski definition) is 4. The molecule has 22 heavy (non-hydrogen) atoms. The van der Waals surface area contributed by atoms with E-state index < -0.39 is 17.4 Å². The molecule has 0 aromatic carbocycles. The van der Waals surface area contributed by atoms with Gasteiger partial charge in [0.2, 0.25) is 0 Å². The van der Waals surface area contributed by atoms with E-state index in [9.17, 15) is 18.0 Å². The predicted octanol–water partition coefficient (Wildman–Crippen LogP) is 3.09. The number of alkyl halides is 3. The summed E-state index contributed by atoms with van der Waals surface area (Å²) in [6.45, 7) is 5.48. The summed E-state index contributed by atoms with van der Waals surface area (Å²) < 4.78 is 38.1. The van der Waals surface area contributed by atoms with Gasteiger partial charge in [-0.1, -0.05) is 0 Å². The van der Waals surface area contributed by atoms with E-state index in [2.05, 4.69) is 10.3 Å². The Morgan fingerprint density at radius 3 is 2.55 bits per heavy atom. The van der Waals surface area contributed by atoms with Gasteiger partial charge in [-0.3, -0.25) is 4.79 Å². The summed E-state index contributed by atoms with van der Waals surface area (Å²) in [6.07, 6.45) is -4.50. The molecule has 0 fully saturated rings. The smallest absolute Gasteiger partial charge is 0.345 e. The normalized spacial score (nSPS) is 12.7. The van der Waals surface area contributed by atoms with Gasteiger partial charge in [-0.15, -0.1) is 11.3 Å². The minimum absolute atomic E-state index is 0.197. The second kappa shape index (κ2) is 5.51. The van der Waals surface area contributed by atoms with E-state index >= 15 is 0 Å². The quantitative estimate of drug-likeness (QED) is 0.908. The van der Waals surface area contributed by atoms with Crippen LogP contribution in [0.4, 0.5) is 13.2 Å². The van der Waals surface area contributed by atoms with E-state index in [1.165, 1.54) is 6.07 Å². The molecule has 0 saturated carbocycles. The lowest BCUT2D eigenvalue weighted by Crippen LogP contribution is -2.48. The van der Waals surface area contributed by atoms with E-state index in [1.807, 2.05) is 0 Å². The predicted molar refractivity (Wildman–Crippen MR) is 80.0 cm³/mol. The number of halogens is 3. The summed E-state index contributed by atoms with van der Waals surface area (Å²) in [6, 6.07) is 2.27. The first-order chi connectivity index (χ1) is 10.0. The molecule has 3 N–H and O–H groups in total. The summed E-state index contributed by atoms with van der Waals surface area (Å²) >= 11 is 0.949. The Bertz CT molecular complexity index is 722. The maximum absolute atomic E-state index is 12.7. The van der Waals surface area contributed by atoms with E-state index in [0.717, 1.165) is 17.4 Å². The van der Waals surface area contributed by atoms with Crippen molar-refractivity contribution >= 4 is 27.5 Å². The number of rotatable bonds is 3. The first-order valence-corrected chi connectivity index (χ1v) is 7.37. The molecule has 8 heteroatoms. The molecular weight excluding hydrogens is 315 g/mol. The highest BCUT2D eigenvalue weighted by Gasteiger charge is 2.33. The van der Waals surface area contributed by atoms with Crippen LogP contribution in [0.15, 0.2) is 12.1 Å². The van der Waals surface area contributed by atoms with Crippen LogP contribution in [0, 0.1) is 6.92 Å². The van der Waals surface area contributed by atoms with Gasteiger partial charge in [0.25, 0.3) is 5.91 Å². The number of hydrogen-bond donors (Lipinski definition) is 2. The number of amides is 1. The van der Waals surface area contributed by atoms with Crippen molar-refractivity contribution in [3.63, 3.8) is 0 Å². The maximum Gasteiger partial charge on any atom is 0.433 e. The van der Waals surface area contributed by atoms with Gasteiger partial charge in [0, 0.05) is 17.5 Å². The van der Waals surface area contributed by atoms with Crippen LogP contribution < -0.4 is 11.1 Å². The minimum Gasteiger partial charge on any atom is -0.345 e. The van der Waals surface area contributed by atoms with Crippen LogP contribution in [-0.4, -0.2) is 23.0 Å². The standard InChI is InChI=1S/C14H16F3N3OS/c1-7-8-4-5-9(14(15,16)17)19-12(8)22-10(7)11(21)20-13(2,3)6-18/h4-5H,6,18H2,1-3H3,(H,20,21). The third-order valence-corrected chi connectivity index (χ3v) is 4.46. The highest BCUT2D eigenvalue weighted by atomic mass is 32.1. The third-order valence-electron chi connectivity index (χ3n) is 3.26. The number of thiophene rings is 1. The fourth-order valence-corrected chi connectivity index (χ4v) is 2.96. The van der Waals surface area contributed by atoms with Crippen LogP contribution in [-0.2, 0) is 6.18 Å². The largest absolute Gasteiger partial charge is 0.433 e. The Kier molecular flexibility index (Phi) is 4.18. The van der Waals surface area contributed by atoms with Crippen LogP contribution >= 0.6 is 11.3 Å². The zero-order valence-corrected chi connectivity index (χ0v) is 13.2. The van der Waals surface area contributed by atoms with Crippen LogP contribution in [0.2, 0.25) is 0 Å². The number of aromatic nitrogens is 1. The highest BCUT2D eigenvalue weighted by Crippen LogP contribution is 2.34. The van der Waals surface area contributed by atoms with E-state index in [1.54, 1.807) is 20.8 Å². The van der Waals surface area contributed by atoms with E-state index in [-0.39, 0.29) is 17.3 Å². The Morgan fingerprint density at radius 1 is 1.36 bits per heavy atom. The summed E-state index contributed by atoms with van der Waals surface area (Å²) in [5.74, 6) is -0.357. The number of aryl methyl sites for hydroxylation is 1. The topological polar surface area (TPSA) is 68.0 Å². The highest BCUT2D eigenvalue weighted by molar-refractivity contribution is 7.20. The van der Waals surface area contributed by atoms with Gasteiger partial charge in [0.15, 0.2) is 0 Å². The van der Waals surface area contributed by atoms with Crippen LogP contribution in [0.5, 0.6) is 0 Å². The molecule has 2 aromatic rings.